The zero-order chi connectivity index (χ0) is 15.6. The highest BCUT2D eigenvalue weighted by atomic mass is 32.2. The van der Waals surface area contributed by atoms with Crippen LogP contribution in [-0.2, 0) is 15.6 Å². The number of hydrogen-bond acceptors (Lipinski definition) is 4. The van der Waals surface area contributed by atoms with E-state index >= 15 is 0 Å². The van der Waals surface area contributed by atoms with E-state index < -0.39 is 15.8 Å². The fourth-order valence-electron chi connectivity index (χ4n) is 1.84. The van der Waals surface area contributed by atoms with Crippen molar-refractivity contribution in [3.8, 4) is 0 Å². The van der Waals surface area contributed by atoms with E-state index in [0.29, 0.717) is 5.69 Å². The predicted octanol–water partition coefficient (Wildman–Crippen LogP) is 2.14. The zero-order valence-corrected chi connectivity index (χ0v) is 12.5. The number of nitrogens with zero attached hydrogens (tertiary/aromatic N) is 2. The molecule has 2 rings (SSSR count). The fourth-order valence-corrected chi connectivity index (χ4v) is 3.15. The summed E-state index contributed by atoms with van der Waals surface area (Å²) in [7, 11) is -3.62. The van der Waals surface area contributed by atoms with Gasteiger partial charge in [-0.15, -0.1) is 0 Å². The van der Waals surface area contributed by atoms with Gasteiger partial charge in [-0.3, -0.25) is 4.68 Å². The number of carboxylic acids is 1. The minimum absolute atomic E-state index is 0.0125. The molecule has 1 N–H and O–H groups in total. The molecule has 0 bridgehead atoms. The van der Waals surface area contributed by atoms with Crippen molar-refractivity contribution < 1.29 is 18.3 Å². The Labute approximate surface area is 123 Å². The second kappa shape index (κ2) is 5.69. The molecule has 1 heterocycles. The first kappa shape index (κ1) is 15.2. The highest BCUT2D eigenvalue weighted by Gasteiger charge is 2.18. The van der Waals surface area contributed by atoms with E-state index in [0.717, 1.165) is 6.07 Å². The van der Waals surface area contributed by atoms with Gasteiger partial charge in [-0.25, -0.2) is 13.2 Å². The summed E-state index contributed by atoms with van der Waals surface area (Å²) >= 11 is 0. The number of aromatic carboxylic acids is 1. The number of benzene rings is 1. The first-order valence-corrected chi connectivity index (χ1v) is 8.05. The highest BCUT2D eigenvalue weighted by molar-refractivity contribution is 7.90. The fraction of sp³-hybridized carbons (Fsp3) is 0.286. The van der Waals surface area contributed by atoms with Crippen molar-refractivity contribution in [2.75, 3.05) is 0 Å². The van der Waals surface area contributed by atoms with Crippen LogP contribution in [0.15, 0.2) is 41.4 Å². The molecule has 1 aromatic carbocycles. The number of hydrogen-bond donors (Lipinski definition) is 1. The molecule has 0 radical (unpaired) electrons. The van der Waals surface area contributed by atoms with E-state index in [-0.39, 0.29) is 22.3 Å². The van der Waals surface area contributed by atoms with Gasteiger partial charge in [0.1, 0.15) is 0 Å². The molecule has 0 amide bonds. The molecule has 112 valence electrons. The van der Waals surface area contributed by atoms with Crippen molar-refractivity contribution in [2.24, 2.45) is 0 Å². The van der Waals surface area contributed by atoms with Crippen LogP contribution in [0.1, 0.15) is 35.9 Å². The predicted molar refractivity (Wildman–Crippen MR) is 76.9 cm³/mol. The Hall–Kier alpha value is -2.15. The summed E-state index contributed by atoms with van der Waals surface area (Å²) in [4.78, 5) is 10.9. The smallest absolute Gasteiger partial charge is 0.335 e. The van der Waals surface area contributed by atoms with Gasteiger partial charge in [0.15, 0.2) is 9.84 Å². The largest absolute Gasteiger partial charge is 0.478 e. The molecular weight excluding hydrogens is 292 g/mol. The van der Waals surface area contributed by atoms with Gasteiger partial charge >= 0.3 is 5.97 Å². The van der Waals surface area contributed by atoms with Gasteiger partial charge < -0.3 is 5.11 Å². The lowest BCUT2D eigenvalue weighted by atomic mass is 10.2. The van der Waals surface area contributed by atoms with Gasteiger partial charge in [0, 0.05) is 12.2 Å². The van der Waals surface area contributed by atoms with E-state index in [2.05, 4.69) is 5.10 Å². The van der Waals surface area contributed by atoms with Gasteiger partial charge in [0.25, 0.3) is 0 Å². The lowest BCUT2D eigenvalue weighted by molar-refractivity contribution is 0.0696. The maximum Gasteiger partial charge on any atom is 0.335 e. The van der Waals surface area contributed by atoms with Gasteiger partial charge in [-0.2, -0.15) is 5.10 Å². The maximum absolute atomic E-state index is 12.3. The number of rotatable bonds is 5. The molecule has 21 heavy (non-hydrogen) atoms. The van der Waals surface area contributed by atoms with Gasteiger partial charge in [-0.05, 0) is 38.1 Å². The number of carboxylic acid groups (broad SMARTS) is 1. The number of sulfone groups is 1. The Morgan fingerprint density at radius 1 is 1.33 bits per heavy atom. The van der Waals surface area contributed by atoms with Crippen molar-refractivity contribution in [1.82, 2.24) is 9.78 Å². The molecular formula is C14H16N2O4S. The van der Waals surface area contributed by atoms with Crippen LogP contribution in [0.4, 0.5) is 0 Å². The van der Waals surface area contributed by atoms with Crippen LogP contribution in [0, 0.1) is 0 Å². The average Bonchev–Trinajstić information content (AvgIpc) is 2.87. The van der Waals surface area contributed by atoms with Crippen LogP contribution < -0.4 is 0 Å². The third-order valence-corrected chi connectivity index (χ3v) is 4.62. The third-order valence-electron chi connectivity index (χ3n) is 2.97. The monoisotopic (exact) mass is 308 g/mol. The summed E-state index contributed by atoms with van der Waals surface area (Å²) < 4.78 is 26.3. The molecule has 0 atom stereocenters. The molecule has 0 saturated carbocycles. The van der Waals surface area contributed by atoms with E-state index in [1.165, 1.54) is 18.2 Å². The second-order valence-electron chi connectivity index (χ2n) is 4.97. The van der Waals surface area contributed by atoms with E-state index in [1.54, 1.807) is 16.9 Å². The minimum Gasteiger partial charge on any atom is -0.478 e. The van der Waals surface area contributed by atoms with Crippen LogP contribution in [0.25, 0.3) is 0 Å². The Morgan fingerprint density at radius 3 is 2.62 bits per heavy atom. The SMILES string of the molecule is CC(C)n1ccc(CS(=O)(=O)c2cccc(C(=O)O)c2)n1. The molecule has 0 fully saturated rings. The second-order valence-corrected chi connectivity index (χ2v) is 6.96. The minimum atomic E-state index is -3.62. The van der Waals surface area contributed by atoms with Crippen LogP contribution >= 0.6 is 0 Å². The Kier molecular flexibility index (Phi) is 4.13. The molecule has 0 unspecified atom stereocenters. The van der Waals surface area contributed by atoms with Crippen molar-refractivity contribution in [2.45, 2.75) is 30.5 Å². The first-order chi connectivity index (χ1) is 9.79. The van der Waals surface area contributed by atoms with Crippen molar-refractivity contribution in [3.05, 3.63) is 47.8 Å². The summed E-state index contributed by atoms with van der Waals surface area (Å²) in [6, 6.07) is 7.13. The van der Waals surface area contributed by atoms with E-state index in [9.17, 15) is 13.2 Å². The lowest BCUT2D eigenvalue weighted by Gasteiger charge is -2.05. The Bertz CT molecular complexity index is 763. The molecule has 2 aromatic rings. The quantitative estimate of drug-likeness (QED) is 0.914. The third kappa shape index (κ3) is 3.49. The summed E-state index contributed by atoms with van der Waals surface area (Å²) in [5, 5.41) is 13.1. The van der Waals surface area contributed by atoms with Crippen LogP contribution in [0.5, 0.6) is 0 Å². The van der Waals surface area contributed by atoms with Crippen molar-refractivity contribution in [3.63, 3.8) is 0 Å². The van der Waals surface area contributed by atoms with Gasteiger partial charge in [0.05, 0.1) is 21.9 Å². The maximum atomic E-state index is 12.3. The summed E-state index contributed by atoms with van der Waals surface area (Å²) in [6.07, 6.45) is 1.73. The van der Waals surface area contributed by atoms with E-state index in [4.69, 9.17) is 5.11 Å². The highest BCUT2D eigenvalue weighted by Crippen LogP contribution is 2.17. The number of aromatic nitrogens is 2. The molecule has 6 nitrogen and oxygen atoms in total. The van der Waals surface area contributed by atoms with E-state index in [1.807, 2.05) is 13.8 Å². The normalized spacial score (nSPS) is 11.8. The number of carbonyl (C=O) groups is 1. The van der Waals surface area contributed by atoms with Gasteiger partial charge in [-0.1, -0.05) is 6.07 Å². The molecule has 0 saturated heterocycles. The van der Waals surface area contributed by atoms with Crippen molar-refractivity contribution >= 4 is 15.8 Å². The zero-order valence-electron chi connectivity index (χ0n) is 11.7. The lowest BCUT2D eigenvalue weighted by Crippen LogP contribution is -2.08. The van der Waals surface area contributed by atoms with Crippen molar-refractivity contribution in [1.29, 1.82) is 0 Å². The molecule has 0 aliphatic carbocycles. The van der Waals surface area contributed by atoms with Crippen LogP contribution in [0.3, 0.4) is 0 Å². The first-order valence-electron chi connectivity index (χ1n) is 6.40. The summed E-state index contributed by atoms with van der Waals surface area (Å²) in [5.41, 5.74) is 0.383. The topological polar surface area (TPSA) is 89.3 Å². The molecule has 1 aromatic heterocycles. The summed E-state index contributed by atoms with van der Waals surface area (Å²) in [6.45, 7) is 3.89. The molecule has 0 aliphatic heterocycles. The molecule has 0 aliphatic rings. The average molecular weight is 308 g/mol. The Morgan fingerprint density at radius 2 is 2.05 bits per heavy atom. The van der Waals surface area contributed by atoms with Crippen LogP contribution in [-0.4, -0.2) is 29.3 Å². The summed E-state index contributed by atoms with van der Waals surface area (Å²) in [5.74, 6) is -1.41. The van der Waals surface area contributed by atoms with Gasteiger partial charge in [0.2, 0.25) is 0 Å². The standard InChI is InChI=1S/C14H16N2O4S/c1-10(2)16-7-6-12(15-16)9-21(19,20)13-5-3-4-11(8-13)14(17)18/h3-8,10H,9H2,1-2H3,(H,17,18). The Balaban J connectivity index is 2.29. The molecule has 0 spiro atoms. The molecule has 7 heteroatoms. The van der Waals surface area contributed by atoms with Crippen LogP contribution in [0.2, 0.25) is 0 Å².